The minimum Gasteiger partial charge on any atom is -0.284 e. The zero-order valence-corrected chi connectivity index (χ0v) is 23.4. The molecular weight excluding hydrogens is 538 g/mol. The van der Waals surface area contributed by atoms with Crippen LogP contribution in [0, 0.1) is 26.6 Å². The largest absolute Gasteiger partial charge is 0.284 e. The summed E-state index contributed by atoms with van der Waals surface area (Å²) < 4.78 is 35.7. The summed E-state index contributed by atoms with van der Waals surface area (Å²) in [7, 11) is 1.85. The quantitative estimate of drug-likeness (QED) is 0.282. The lowest BCUT2D eigenvalue weighted by molar-refractivity contribution is 0.592. The number of allylic oxidation sites excluding steroid dienone is 2. The average Bonchev–Trinajstić information content (AvgIpc) is 3.47. The van der Waals surface area contributed by atoms with Gasteiger partial charge in [-0.15, -0.1) is 5.10 Å². The van der Waals surface area contributed by atoms with Crippen molar-refractivity contribution in [1.82, 2.24) is 34.1 Å². The van der Waals surface area contributed by atoms with Crippen LogP contribution in [0.5, 0.6) is 0 Å². The van der Waals surface area contributed by atoms with Gasteiger partial charge in [0.1, 0.15) is 22.4 Å². The number of nitrogens with zero attached hydrogens (tertiary/aromatic N) is 8. The number of hydrogen-bond donors (Lipinski definition) is 0. The SMILES string of the molecule is C/C=C/N=C(/C(F)=C/n1c(C)cc(C2CC2c2cnn(C)c2)c(Cl)c1=O)c1ccnc(-n2nc(C)nc2C)c1F. The van der Waals surface area contributed by atoms with Gasteiger partial charge in [-0.3, -0.25) is 19.0 Å². The van der Waals surface area contributed by atoms with Gasteiger partial charge in [-0.05, 0) is 69.2 Å². The van der Waals surface area contributed by atoms with Crippen molar-refractivity contribution in [2.75, 3.05) is 0 Å². The molecule has 206 valence electrons. The molecule has 0 radical (unpaired) electrons. The maximum Gasteiger partial charge on any atom is 0.273 e. The molecule has 1 saturated carbocycles. The first-order valence-electron chi connectivity index (χ1n) is 12.6. The Kier molecular flexibility index (Phi) is 7.33. The highest BCUT2D eigenvalue weighted by Gasteiger charge is 2.42. The maximum absolute atomic E-state index is 15.9. The fourth-order valence-corrected chi connectivity index (χ4v) is 5.07. The van der Waals surface area contributed by atoms with E-state index in [1.165, 1.54) is 23.1 Å². The molecule has 0 N–H and O–H groups in total. The van der Waals surface area contributed by atoms with E-state index >= 15 is 8.78 Å². The second kappa shape index (κ2) is 10.7. The van der Waals surface area contributed by atoms with Gasteiger partial charge in [0.15, 0.2) is 17.5 Å². The molecule has 0 saturated heterocycles. The second-order valence-electron chi connectivity index (χ2n) is 9.68. The molecule has 1 aliphatic carbocycles. The molecule has 5 rings (SSSR count). The third-order valence-electron chi connectivity index (χ3n) is 6.77. The van der Waals surface area contributed by atoms with Crippen molar-refractivity contribution in [2.24, 2.45) is 12.0 Å². The Hall–Kier alpha value is -4.25. The maximum atomic E-state index is 15.9. The molecule has 40 heavy (non-hydrogen) atoms. The fourth-order valence-electron chi connectivity index (χ4n) is 4.78. The number of aryl methyl sites for hydroxylation is 4. The summed E-state index contributed by atoms with van der Waals surface area (Å²) in [6, 6.07) is 3.10. The van der Waals surface area contributed by atoms with E-state index in [4.69, 9.17) is 11.6 Å². The van der Waals surface area contributed by atoms with Gasteiger partial charge in [0.25, 0.3) is 5.56 Å². The van der Waals surface area contributed by atoms with E-state index in [-0.39, 0.29) is 34.0 Å². The topological polar surface area (TPSA) is 95.8 Å². The summed E-state index contributed by atoms with van der Waals surface area (Å²) in [6.07, 6.45) is 9.83. The van der Waals surface area contributed by atoms with Crippen LogP contribution in [0.15, 0.2) is 58.6 Å². The lowest BCUT2D eigenvalue weighted by atomic mass is 10.1. The van der Waals surface area contributed by atoms with Gasteiger partial charge in [-0.1, -0.05) is 17.7 Å². The monoisotopic (exact) mass is 564 g/mol. The summed E-state index contributed by atoms with van der Waals surface area (Å²) in [6.45, 7) is 6.72. The minimum absolute atomic E-state index is 0.0207. The highest BCUT2D eigenvalue weighted by Crippen LogP contribution is 2.55. The van der Waals surface area contributed by atoms with Crippen molar-refractivity contribution < 1.29 is 8.78 Å². The van der Waals surface area contributed by atoms with E-state index in [0.29, 0.717) is 22.9 Å². The molecule has 0 amide bonds. The molecule has 2 atom stereocenters. The van der Waals surface area contributed by atoms with Gasteiger partial charge in [-0.25, -0.2) is 18.7 Å². The van der Waals surface area contributed by atoms with Crippen LogP contribution in [-0.2, 0) is 7.05 Å². The molecule has 4 heterocycles. The normalized spacial score (nSPS) is 17.7. The first-order valence-corrected chi connectivity index (χ1v) is 13.0. The van der Waals surface area contributed by atoms with Crippen LogP contribution in [0.4, 0.5) is 8.78 Å². The van der Waals surface area contributed by atoms with E-state index < -0.39 is 17.2 Å². The highest BCUT2D eigenvalue weighted by molar-refractivity contribution is 6.31. The first-order chi connectivity index (χ1) is 19.1. The molecular formula is C28H27ClF2N8O. The van der Waals surface area contributed by atoms with E-state index in [1.54, 1.807) is 44.5 Å². The number of rotatable bonds is 7. The van der Waals surface area contributed by atoms with Crippen molar-refractivity contribution in [1.29, 1.82) is 0 Å². The first kappa shape index (κ1) is 27.3. The summed E-state index contributed by atoms with van der Waals surface area (Å²) >= 11 is 6.53. The predicted octanol–water partition coefficient (Wildman–Crippen LogP) is 5.34. The van der Waals surface area contributed by atoms with Crippen molar-refractivity contribution in [3.63, 3.8) is 0 Å². The van der Waals surface area contributed by atoms with Crippen LogP contribution in [0.3, 0.4) is 0 Å². The number of hydrogen-bond acceptors (Lipinski definition) is 6. The van der Waals surface area contributed by atoms with Crippen molar-refractivity contribution in [2.45, 2.75) is 46.0 Å². The van der Waals surface area contributed by atoms with Crippen LogP contribution in [0.25, 0.3) is 12.0 Å². The lowest BCUT2D eigenvalue weighted by Crippen LogP contribution is -2.21. The van der Waals surface area contributed by atoms with E-state index in [2.05, 4.69) is 25.2 Å². The van der Waals surface area contributed by atoms with Crippen LogP contribution in [0.2, 0.25) is 5.02 Å². The van der Waals surface area contributed by atoms with Gasteiger partial charge < -0.3 is 0 Å². The number of aliphatic imine (C=N–C) groups is 1. The van der Waals surface area contributed by atoms with E-state index in [1.807, 2.05) is 19.4 Å². The van der Waals surface area contributed by atoms with Gasteiger partial charge in [-0.2, -0.15) is 9.78 Å². The number of aromatic nitrogens is 7. The Morgan fingerprint density at radius 3 is 2.67 bits per heavy atom. The molecule has 0 aromatic carbocycles. The van der Waals surface area contributed by atoms with Crippen LogP contribution < -0.4 is 5.56 Å². The Balaban J connectivity index is 1.54. The van der Waals surface area contributed by atoms with Crippen molar-refractivity contribution >= 4 is 23.5 Å². The molecule has 2 unspecified atom stereocenters. The molecule has 4 aromatic rings. The third kappa shape index (κ3) is 5.04. The van der Waals surface area contributed by atoms with Gasteiger partial charge >= 0.3 is 0 Å². The smallest absolute Gasteiger partial charge is 0.273 e. The highest BCUT2D eigenvalue weighted by atomic mass is 35.5. The molecule has 0 spiro atoms. The van der Waals surface area contributed by atoms with Gasteiger partial charge in [0, 0.05) is 36.9 Å². The fraction of sp³-hybridized carbons (Fsp3) is 0.286. The molecule has 1 aliphatic rings. The number of halogens is 3. The minimum atomic E-state index is -0.936. The molecule has 9 nitrogen and oxygen atoms in total. The predicted molar refractivity (Wildman–Crippen MR) is 149 cm³/mol. The molecule has 0 aliphatic heterocycles. The Bertz CT molecular complexity index is 1760. The lowest BCUT2D eigenvalue weighted by Gasteiger charge is -2.12. The Morgan fingerprint density at radius 2 is 2.02 bits per heavy atom. The summed E-state index contributed by atoms with van der Waals surface area (Å²) in [5.41, 5.74) is 1.23. The Morgan fingerprint density at radius 1 is 1.25 bits per heavy atom. The van der Waals surface area contributed by atoms with Gasteiger partial charge in [0.2, 0.25) is 0 Å². The molecule has 12 heteroatoms. The van der Waals surface area contributed by atoms with Crippen LogP contribution in [0.1, 0.15) is 59.2 Å². The third-order valence-corrected chi connectivity index (χ3v) is 7.15. The molecule has 1 fully saturated rings. The van der Waals surface area contributed by atoms with E-state index in [9.17, 15) is 4.79 Å². The summed E-state index contributed by atoms with van der Waals surface area (Å²) in [5, 5.41) is 8.42. The average molecular weight is 565 g/mol. The van der Waals surface area contributed by atoms with Crippen molar-refractivity contribution in [3.8, 4) is 5.82 Å². The molecule has 4 aromatic heterocycles. The van der Waals surface area contributed by atoms with E-state index in [0.717, 1.165) is 22.8 Å². The van der Waals surface area contributed by atoms with Crippen molar-refractivity contribution in [3.05, 3.63) is 104 Å². The second-order valence-corrected chi connectivity index (χ2v) is 10.1. The standard InChI is InChI=1S/C28H27ClF2N8O/c1-6-8-32-26(19-7-9-33-27(25(19)31)39-17(4)35-16(3)36-39)23(30)14-38-15(2)10-22(24(29)28(38)40)21-11-20(21)18-12-34-37(5)13-18/h6-10,12-14,20-21H,11H2,1-5H3/b8-6+,23-14-,32-26+. The zero-order valence-electron chi connectivity index (χ0n) is 22.6. The Labute approximate surface area is 234 Å². The van der Waals surface area contributed by atoms with Gasteiger partial charge in [0.05, 0.1) is 12.4 Å². The summed E-state index contributed by atoms with van der Waals surface area (Å²) in [5.74, 6) is -0.775. The number of pyridine rings is 2. The molecule has 0 bridgehead atoms. The zero-order chi connectivity index (χ0) is 28.7. The van der Waals surface area contributed by atoms with Crippen LogP contribution in [-0.4, -0.2) is 39.8 Å². The summed E-state index contributed by atoms with van der Waals surface area (Å²) in [4.78, 5) is 25.7. The van der Waals surface area contributed by atoms with Crippen LogP contribution >= 0.6 is 11.6 Å².